The summed E-state index contributed by atoms with van der Waals surface area (Å²) < 4.78 is 0. The van der Waals surface area contributed by atoms with Gasteiger partial charge in [0.25, 0.3) is 0 Å². The van der Waals surface area contributed by atoms with Crippen LogP contribution in [0.1, 0.15) is 19.8 Å². The topological polar surface area (TPSA) is 30.9 Å². The fourth-order valence-corrected chi connectivity index (χ4v) is 2.32. The minimum atomic E-state index is 0.443. The molecule has 0 unspecified atom stereocenters. The predicted octanol–water partition coefficient (Wildman–Crippen LogP) is 1.36. The summed E-state index contributed by atoms with van der Waals surface area (Å²) in [5.74, 6) is 0. The van der Waals surface area contributed by atoms with Crippen molar-refractivity contribution in [2.75, 3.05) is 20.1 Å². The van der Waals surface area contributed by atoms with Crippen molar-refractivity contribution in [3.63, 3.8) is 0 Å². The van der Waals surface area contributed by atoms with Crippen molar-refractivity contribution in [1.82, 2.24) is 15.3 Å². The largest absolute Gasteiger partial charge is 0.304 e. The molecule has 0 radical (unpaired) electrons. The summed E-state index contributed by atoms with van der Waals surface area (Å²) in [5.41, 5.74) is 3.99. The second kappa shape index (κ2) is 4.41. The zero-order chi connectivity index (χ0) is 10.8. The fourth-order valence-electron chi connectivity index (χ4n) is 2.09. The first-order valence-electron chi connectivity index (χ1n) is 5.31. The van der Waals surface area contributed by atoms with Crippen LogP contribution in [-0.4, -0.2) is 42.4 Å². The van der Waals surface area contributed by atoms with Gasteiger partial charge in [-0.25, -0.2) is 4.99 Å². The number of piperidine rings is 1. The fraction of sp³-hybridized carbons (Fsp3) is 0.700. The van der Waals surface area contributed by atoms with Crippen LogP contribution in [0.15, 0.2) is 15.8 Å². The lowest BCUT2D eigenvalue weighted by molar-refractivity contribution is 0.127. The number of nitrogens with one attached hydrogen (secondary N) is 1. The van der Waals surface area contributed by atoms with E-state index in [1.54, 1.807) is 6.34 Å². The van der Waals surface area contributed by atoms with Crippen molar-refractivity contribution in [1.29, 1.82) is 0 Å². The van der Waals surface area contributed by atoms with Gasteiger partial charge in [-0.1, -0.05) is 11.6 Å². The van der Waals surface area contributed by atoms with Gasteiger partial charge in [0.1, 0.15) is 11.5 Å². The van der Waals surface area contributed by atoms with Gasteiger partial charge < -0.3 is 4.90 Å². The number of rotatable bonds is 1. The molecule has 2 aliphatic heterocycles. The molecule has 4 nitrogen and oxygen atoms in total. The van der Waals surface area contributed by atoms with E-state index in [0.717, 1.165) is 17.4 Å². The van der Waals surface area contributed by atoms with Crippen molar-refractivity contribution >= 4 is 17.9 Å². The van der Waals surface area contributed by atoms with E-state index in [4.69, 9.17) is 11.6 Å². The summed E-state index contributed by atoms with van der Waals surface area (Å²) >= 11 is 6.22. The lowest BCUT2D eigenvalue weighted by Gasteiger charge is -2.39. The normalized spacial score (nSPS) is 28.2. The second-order valence-electron chi connectivity index (χ2n) is 4.19. The third-order valence-electron chi connectivity index (χ3n) is 2.93. The lowest BCUT2D eigenvalue weighted by Crippen LogP contribution is -2.51. The molecule has 0 aromatic rings. The average Bonchev–Trinajstić information content (AvgIpc) is 2.22. The molecule has 5 heteroatoms. The van der Waals surface area contributed by atoms with E-state index in [-0.39, 0.29) is 0 Å². The van der Waals surface area contributed by atoms with E-state index >= 15 is 0 Å². The Kier molecular flexibility index (Phi) is 3.17. The van der Waals surface area contributed by atoms with E-state index in [1.807, 2.05) is 11.9 Å². The van der Waals surface area contributed by atoms with E-state index in [9.17, 15) is 0 Å². The minimum Gasteiger partial charge on any atom is -0.304 e. The molecule has 0 saturated carbocycles. The quantitative estimate of drug-likeness (QED) is 0.688. The average molecular weight is 229 g/mol. The second-order valence-corrected chi connectivity index (χ2v) is 4.55. The van der Waals surface area contributed by atoms with Crippen LogP contribution in [0.5, 0.6) is 0 Å². The third kappa shape index (κ3) is 2.26. The van der Waals surface area contributed by atoms with E-state index in [1.165, 1.54) is 19.4 Å². The maximum atomic E-state index is 6.22. The number of allylic oxidation sites excluding steroid dienone is 1. The number of halogens is 1. The first-order chi connectivity index (χ1) is 7.18. The van der Waals surface area contributed by atoms with E-state index in [2.05, 4.69) is 22.4 Å². The van der Waals surface area contributed by atoms with Gasteiger partial charge >= 0.3 is 0 Å². The molecule has 2 heterocycles. The van der Waals surface area contributed by atoms with Gasteiger partial charge in [-0.05, 0) is 33.4 Å². The molecular weight excluding hydrogens is 212 g/mol. The first-order valence-corrected chi connectivity index (χ1v) is 5.69. The summed E-state index contributed by atoms with van der Waals surface area (Å²) in [4.78, 5) is 6.47. The molecule has 2 rings (SSSR count). The number of likely N-dealkylation sites (tertiary alicyclic amines) is 1. The van der Waals surface area contributed by atoms with Crippen molar-refractivity contribution in [3.05, 3.63) is 10.9 Å². The van der Waals surface area contributed by atoms with Crippen molar-refractivity contribution in [2.24, 2.45) is 4.99 Å². The van der Waals surface area contributed by atoms with Crippen molar-refractivity contribution in [3.8, 4) is 0 Å². The number of likely N-dealkylation sites (N-methyl/N-ethyl adjacent to an activating group) is 1. The minimum absolute atomic E-state index is 0.443. The zero-order valence-corrected chi connectivity index (χ0v) is 9.96. The standard InChI is InChI=1S/C10H17ClN4/c1-8-10(11)15(13-7-12-8)9-4-3-5-14(2)6-9/h7,9H,3-6H2,1-2H3,(H,12,13)/t9-/m1/s1. The Morgan fingerprint density at radius 2 is 2.40 bits per heavy atom. The van der Waals surface area contributed by atoms with Crippen molar-refractivity contribution in [2.45, 2.75) is 25.8 Å². The van der Waals surface area contributed by atoms with Gasteiger partial charge in [-0.3, -0.25) is 10.4 Å². The monoisotopic (exact) mass is 228 g/mol. The molecule has 1 atom stereocenters. The first kappa shape index (κ1) is 10.8. The Hall–Kier alpha value is -0.740. The van der Waals surface area contributed by atoms with Crippen molar-refractivity contribution < 1.29 is 0 Å². The van der Waals surface area contributed by atoms with Crippen LogP contribution in [0.2, 0.25) is 0 Å². The number of hydrogen-bond acceptors (Lipinski definition) is 4. The molecule has 0 aromatic carbocycles. The van der Waals surface area contributed by atoms with Gasteiger partial charge in [-0.2, -0.15) is 0 Å². The van der Waals surface area contributed by atoms with Gasteiger partial charge in [0.2, 0.25) is 0 Å². The lowest BCUT2D eigenvalue weighted by atomic mass is 10.1. The van der Waals surface area contributed by atoms with E-state index in [0.29, 0.717) is 6.04 Å². The summed E-state index contributed by atoms with van der Waals surface area (Å²) in [6.07, 6.45) is 4.10. The SMILES string of the molecule is CC1=C(Cl)N([C@@H]2CCCN(C)C2)NC=N1. The Morgan fingerprint density at radius 3 is 3.13 bits per heavy atom. The van der Waals surface area contributed by atoms with Gasteiger partial charge in [0, 0.05) is 6.54 Å². The summed E-state index contributed by atoms with van der Waals surface area (Å²) in [6.45, 7) is 4.16. The number of aliphatic imine (C=N–C) groups is 1. The van der Waals surface area contributed by atoms with Crippen LogP contribution >= 0.6 is 11.6 Å². The molecule has 0 amide bonds. The number of hydrazine groups is 1. The van der Waals surface area contributed by atoms with Gasteiger partial charge in [0.15, 0.2) is 0 Å². The molecule has 0 aromatic heterocycles. The molecule has 1 N–H and O–H groups in total. The Labute approximate surface area is 95.6 Å². The smallest absolute Gasteiger partial charge is 0.145 e. The van der Waals surface area contributed by atoms with E-state index < -0.39 is 0 Å². The molecular formula is C10H17ClN4. The highest BCUT2D eigenvalue weighted by Gasteiger charge is 2.26. The highest BCUT2D eigenvalue weighted by Crippen LogP contribution is 2.23. The highest BCUT2D eigenvalue weighted by atomic mass is 35.5. The van der Waals surface area contributed by atoms with Crippen LogP contribution < -0.4 is 5.43 Å². The van der Waals surface area contributed by atoms with Crippen LogP contribution in [0.3, 0.4) is 0 Å². The summed E-state index contributed by atoms with van der Waals surface area (Å²) in [5, 5.41) is 2.75. The molecule has 1 saturated heterocycles. The molecule has 2 aliphatic rings. The molecule has 0 spiro atoms. The summed E-state index contributed by atoms with van der Waals surface area (Å²) in [6, 6.07) is 0.443. The van der Waals surface area contributed by atoms with Gasteiger partial charge in [0.05, 0.1) is 11.7 Å². The maximum Gasteiger partial charge on any atom is 0.145 e. The molecule has 1 fully saturated rings. The highest BCUT2D eigenvalue weighted by molar-refractivity contribution is 6.29. The Morgan fingerprint density at radius 1 is 1.60 bits per heavy atom. The Bertz CT molecular complexity index is 300. The molecule has 84 valence electrons. The zero-order valence-electron chi connectivity index (χ0n) is 9.20. The molecule has 15 heavy (non-hydrogen) atoms. The van der Waals surface area contributed by atoms with Crippen LogP contribution in [-0.2, 0) is 0 Å². The number of hydrogen-bond donors (Lipinski definition) is 1. The van der Waals surface area contributed by atoms with Crippen LogP contribution in [0.25, 0.3) is 0 Å². The third-order valence-corrected chi connectivity index (χ3v) is 3.39. The van der Waals surface area contributed by atoms with Crippen LogP contribution in [0.4, 0.5) is 0 Å². The van der Waals surface area contributed by atoms with Crippen LogP contribution in [0, 0.1) is 0 Å². The molecule has 0 bridgehead atoms. The van der Waals surface area contributed by atoms with Gasteiger partial charge in [-0.15, -0.1) is 0 Å². The number of nitrogens with zero attached hydrogens (tertiary/aromatic N) is 3. The molecule has 0 aliphatic carbocycles. The maximum absolute atomic E-state index is 6.22. The summed E-state index contributed by atoms with van der Waals surface area (Å²) in [7, 11) is 2.15. The Balaban J connectivity index is 2.07. The predicted molar refractivity (Wildman–Crippen MR) is 62.5 cm³/mol.